The molecule has 0 aromatic rings. The van der Waals surface area contributed by atoms with Crippen LogP contribution < -0.4 is 0 Å². The molecule has 2 unspecified atom stereocenters. The molecule has 0 saturated heterocycles. The fraction of sp³-hybridized carbons (Fsp3) is 0.659. The van der Waals surface area contributed by atoms with Crippen molar-refractivity contribution in [2.75, 3.05) is 47.5 Å². The molecule has 524 valence electrons. The lowest BCUT2D eigenvalue weighted by Gasteiger charge is -2.24. The Kier molecular flexibility index (Phi) is 67.6. The first-order valence-electron chi connectivity index (χ1n) is 37.2. The van der Waals surface area contributed by atoms with Crippen LogP contribution in [0.3, 0.4) is 0 Å². The van der Waals surface area contributed by atoms with Gasteiger partial charge in [0, 0.05) is 12.8 Å². The Hall–Kier alpha value is -4.37. The normalized spacial score (nSPS) is 14.0. The highest BCUT2D eigenvalue weighted by Gasteiger charge is 2.27. The second kappa shape index (κ2) is 70.9. The first-order valence-corrected chi connectivity index (χ1v) is 38.7. The number of allylic oxidation sites excluding steroid dienone is 26. The van der Waals surface area contributed by atoms with E-state index in [9.17, 15) is 19.0 Å². The summed E-state index contributed by atoms with van der Waals surface area (Å²) in [5.41, 5.74) is 0. The van der Waals surface area contributed by atoms with Gasteiger partial charge in [0.05, 0.1) is 27.7 Å². The summed E-state index contributed by atoms with van der Waals surface area (Å²) in [6.45, 7) is 4.19. The minimum Gasteiger partial charge on any atom is -0.462 e. The lowest BCUT2D eigenvalue weighted by molar-refractivity contribution is -0.870. The van der Waals surface area contributed by atoms with E-state index >= 15 is 0 Å². The number of likely N-dealkylation sites (N-methyl/N-ethyl adjacent to an activating group) is 1. The summed E-state index contributed by atoms with van der Waals surface area (Å²) >= 11 is 0. The lowest BCUT2D eigenvalue weighted by atomic mass is 10.0. The van der Waals surface area contributed by atoms with Crippen molar-refractivity contribution in [1.82, 2.24) is 0 Å². The maximum Gasteiger partial charge on any atom is 0.472 e. The van der Waals surface area contributed by atoms with Crippen molar-refractivity contribution < 1.29 is 42.1 Å². The molecule has 0 aliphatic rings. The van der Waals surface area contributed by atoms with E-state index in [1.165, 1.54) is 128 Å². The lowest BCUT2D eigenvalue weighted by Crippen LogP contribution is -2.37. The molecular weight excluding hydrogens is 1160 g/mol. The molecule has 9 nitrogen and oxygen atoms in total. The standard InChI is InChI=1S/C82H138NO8P/c1-6-8-10-12-14-16-18-20-22-24-26-28-30-32-34-35-36-37-38-39-40-41-42-43-44-45-46-47-49-50-52-54-56-58-60-62-64-66-68-70-72-74-81(84)88-78-80(79-90-92(86,87)89-77-76-83(3,4)5)91-82(85)75-73-71-69-67-65-63-61-59-57-55-53-51-48-33-31-29-27-25-23-21-19-17-15-13-11-9-7-2/h8-11,14-17,20-23,26-29,32-34,36-37,48,53,55,59,61,80H,6-7,12-13,18-19,24-25,30-31,35,38-47,49-52,54,56-58,60,62-79H2,1-5H3/p+1/b10-8-,11-9-,16-14-,17-15-,22-20-,23-21-,28-26-,29-27-,34-32-,37-36-,48-33-,55-53-,61-59-. The maximum atomic E-state index is 12.9. The number of quaternary nitrogens is 1. The maximum absolute atomic E-state index is 12.9. The van der Waals surface area contributed by atoms with Crippen molar-refractivity contribution in [2.45, 2.75) is 302 Å². The molecule has 0 radical (unpaired) electrons. The molecule has 0 aliphatic heterocycles. The first-order chi connectivity index (χ1) is 45.0. The fourth-order valence-corrected chi connectivity index (χ4v) is 10.7. The number of carbonyl (C=O) groups is 2. The van der Waals surface area contributed by atoms with Gasteiger partial charge >= 0.3 is 19.8 Å². The van der Waals surface area contributed by atoms with Crippen LogP contribution in [0.2, 0.25) is 0 Å². The van der Waals surface area contributed by atoms with E-state index in [1.807, 2.05) is 21.1 Å². The van der Waals surface area contributed by atoms with Crippen molar-refractivity contribution in [3.8, 4) is 0 Å². The van der Waals surface area contributed by atoms with Gasteiger partial charge in [0.2, 0.25) is 0 Å². The van der Waals surface area contributed by atoms with Gasteiger partial charge in [-0.1, -0.05) is 320 Å². The van der Waals surface area contributed by atoms with Gasteiger partial charge in [-0.15, -0.1) is 0 Å². The van der Waals surface area contributed by atoms with Gasteiger partial charge in [-0.05, 0) is 122 Å². The van der Waals surface area contributed by atoms with Gasteiger partial charge in [-0.25, -0.2) is 4.57 Å². The molecular formula is C82H139NO8P+. The number of unbranched alkanes of at least 4 members (excludes halogenated alkanes) is 27. The van der Waals surface area contributed by atoms with Crippen LogP contribution >= 0.6 is 7.82 Å². The molecule has 10 heteroatoms. The van der Waals surface area contributed by atoms with Crippen LogP contribution in [0.25, 0.3) is 0 Å². The molecule has 0 spiro atoms. The number of phosphoric ester groups is 1. The van der Waals surface area contributed by atoms with E-state index < -0.39 is 26.5 Å². The Morgan fingerprint density at radius 2 is 0.587 bits per heavy atom. The number of hydrogen-bond donors (Lipinski definition) is 1. The van der Waals surface area contributed by atoms with Crippen LogP contribution in [0.1, 0.15) is 296 Å². The van der Waals surface area contributed by atoms with Crippen molar-refractivity contribution in [2.24, 2.45) is 0 Å². The first kappa shape index (κ1) is 87.6. The van der Waals surface area contributed by atoms with Crippen LogP contribution in [0.15, 0.2) is 158 Å². The average Bonchev–Trinajstić information content (AvgIpc) is 2.14. The molecule has 0 aromatic heterocycles. The van der Waals surface area contributed by atoms with E-state index in [2.05, 4.69) is 172 Å². The highest BCUT2D eigenvalue weighted by molar-refractivity contribution is 7.47. The van der Waals surface area contributed by atoms with Crippen LogP contribution in [0.5, 0.6) is 0 Å². The van der Waals surface area contributed by atoms with E-state index in [0.717, 1.165) is 135 Å². The number of ether oxygens (including phenoxy) is 2. The highest BCUT2D eigenvalue weighted by atomic mass is 31.2. The van der Waals surface area contributed by atoms with Crippen molar-refractivity contribution >= 4 is 19.8 Å². The Morgan fingerprint density at radius 3 is 0.870 bits per heavy atom. The zero-order valence-corrected chi connectivity index (χ0v) is 60.6. The summed E-state index contributed by atoms with van der Waals surface area (Å²) in [6.07, 6.45) is 107. The molecule has 0 aliphatic carbocycles. The van der Waals surface area contributed by atoms with Crippen LogP contribution in [-0.4, -0.2) is 74.9 Å². The third kappa shape index (κ3) is 74.7. The van der Waals surface area contributed by atoms with Gasteiger partial charge in [0.1, 0.15) is 19.8 Å². The van der Waals surface area contributed by atoms with Crippen molar-refractivity contribution in [1.29, 1.82) is 0 Å². The van der Waals surface area contributed by atoms with Gasteiger partial charge in [0.15, 0.2) is 6.10 Å². The van der Waals surface area contributed by atoms with E-state index in [4.69, 9.17) is 18.5 Å². The molecule has 0 fully saturated rings. The Labute approximate surface area is 566 Å². The van der Waals surface area contributed by atoms with E-state index in [-0.39, 0.29) is 32.0 Å². The molecule has 0 rings (SSSR count). The zero-order chi connectivity index (χ0) is 66.9. The quantitative estimate of drug-likeness (QED) is 0.0211. The number of esters is 2. The predicted molar refractivity (Wildman–Crippen MR) is 399 cm³/mol. The molecule has 0 saturated carbocycles. The molecule has 0 amide bonds. The molecule has 0 aromatic carbocycles. The second-order valence-corrected chi connectivity index (χ2v) is 27.0. The number of nitrogens with zero attached hydrogens (tertiary/aromatic N) is 1. The fourth-order valence-electron chi connectivity index (χ4n) is 9.94. The zero-order valence-electron chi connectivity index (χ0n) is 59.7. The summed E-state index contributed by atoms with van der Waals surface area (Å²) < 4.78 is 34.7. The minimum absolute atomic E-state index is 0.0214. The van der Waals surface area contributed by atoms with Gasteiger partial charge in [-0.2, -0.15) is 0 Å². The topological polar surface area (TPSA) is 108 Å². The number of rotatable bonds is 67. The monoisotopic (exact) mass is 1300 g/mol. The van der Waals surface area contributed by atoms with Crippen LogP contribution in [-0.2, 0) is 32.7 Å². The van der Waals surface area contributed by atoms with E-state index in [1.54, 1.807) is 0 Å². The molecule has 2 atom stereocenters. The Balaban J connectivity index is 4.01. The number of carbonyl (C=O) groups excluding carboxylic acids is 2. The summed E-state index contributed by atoms with van der Waals surface area (Å²) in [5, 5.41) is 0. The van der Waals surface area contributed by atoms with Crippen LogP contribution in [0, 0.1) is 0 Å². The molecule has 0 heterocycles. The molecule has 0 bridgehead atoms. The Bertz CT molecular complexity index is 2110. The van der Waals surface area contributed by atoms with Gasteiger partial charge in [-0.3, -0.25) is 18.6 Å². The molecule has 1 N–H and O–H groups in total. The smallest absolute Gasteiger partial charge is 0.462 e. The van der Waals surface area contributed by atoms with Crippen LogP contribution in [0.4, 0.5) is 0 Å². The van der Waals surface area contributed by atoms with Crippen molar-refractivity contribution in [3.63, 3.8) is 0 Å². The highest BCUT2D eigenvalue weighted by Crippen LogP contribution is 2.43. The summed E-state index contributed by atoms with van der Waals surface area (Å²) in [5.74, 6) is -0.819. The second-order valence-electron chi connectivity index (χ2n) is 25.6. The average molecular weight is 1300 g/mol. The number of hydrogen-bond acceptors (Lipinski definition) is 7. The third-order valence-corrected chi connectivity index (χ3v) is 16.5. The summed E-state index contributed by atoms with van der Waals surface area (Å²) in [7, 11) is 1.45. The largest absolute Gasteiger partial charge is 0.472 e. The van der Waals surface area contributed by atoms with Crippen molar-refractivity contribution in [3.05, 3.63) is 158 Å². The van der Waals surface area contributed by atoms with Gasteiger partial charge in [0.25, 0.3) is 0 Å². The Morgan fingerprint density at radius 1 is 0.337 bits per heavy atom. The third-order valence-electron chi connectivity index (χ3n) is 15.6. The van der Waals surface area contributed by atoms with Gasteiger partial charge < -0.3 is 18.9 Å². The summed E-state index contributed by atoms with van der Waals surface area (Å²) in [6, 6.07) is 0. The predicted octanol–water partition coefficient (Wildman–Crippen LogP) is 24.7. The molecule has 92 heavy (non-hydrogen) atoms. The SMILES string of the molecule is CC/C=C\C/C=C\C/C=C\C/C=C\C/C=C\C/C=C\C/C=C\CCCCCCCC(=O)OC(COC(=O)CCCCCCCCCCCCCCCCCCCCCCCC/C=C\C/C=C\C/C=C\C/C=C\C/C=C\C/C=C\CC)COP(=O)(O)OCC[N+](C)(C)C. The van der Waals surface area contributed by atoms with E-state index in [0.29, 0.717) is 17.4 Å². The summed E-state index contributed by atoms with van der Waals surface area (Å²) in [4.78, 5) is 35.9. The number of phosphoric acid groups is 1. The minimum atomic E-state index is -4.41.